The fraction of sp³-hybridized carbons (Fsp3) is 0.143. The van der Waals surface area contributed by atoms with E-state index >= 15 is 0 Å². The van der Waals surface area contributed by atoms with Gasteiger partial charge in [0.1, 0.15) is 0 Å². The molecule has 90 valence electrons. The molecule has 2 heterocycles. The Hall–Kier alpha value is -1.73. The molecule has 3 nitrogen and oxygen atoms in total. The van der Waals surface area contributed by atoms with E-state index in [4.69, 9.17) is 0 Å². The van der Waals surface area contributed by atoms with Gasteiger partial charge in [-0.25, -0.2) is 0 Å². The van der Waals surface area contributed by atoms with Crippen molar-refractivity contribution in [2.75, 3.05) is 28.1 Å². The average molecular weight is 255 g/mol. The summed E-state index contributed by atoms with van der Waals surface area (Å²) in [5.41, 5.74) is 5.29. The maximum atomic E-state index is 2.47. The monoisotopic (exact) mass is 255 g/mol. The van der Waals surface area contributed by atoms with Crippen molar-refractivity contribution in [3.8, 4) is 0 Å². The Morgan fingerprint density at radius 2 is 1.06 bits per heavy atom. The summed E-state index contributed by atoms with van der Waals surface area (Å²) in [6.45, 7) is 0. The molecule has 0 spiro atoms. The molecule has 0 N–H and O–H groups in total. The van der Waals surface area contributed by atoms with Crippen molar-refractivity contribution in [3.63, 3.8) is 0 Å². The molecular weight excluding hydrogens is 241 g/mol. The summed E-state index contributed by atoms with van der Waals surface area (Å²) in [4.78, 5) is 0. The minimum Gasteiger partial charge on any atom is -0.318 e. The first-order chi connectivity index (χ1) is 8.79. The lowest BCUT2D eigenvalue weighted by atomic mass is 10.2. The van der Waals surface area contributed by atoms with E-state index in [9.17, 15) is 0 Å². The lowest BCUT2D eigenvalue weighted by Gasteiger charge is -2.28. The molecule has 0 aliphatic carbocycles. The van der Waals surface area contributed by atoms with Crippen LogP contribution in [0.2, 0.25) is 0 Å². The molecule has 2 aromatic rings. The lowest BCUT2D eigenvalue weighted by molar-refractivity contribution is 1.29. The van der Waals surface area contributed by atoms with Gasteiger partial charge in [0.05, 0.1) is 22.7 Å². The van der Waals surface area contributed by atoms with Gasteiger partial charge in [-0.3, -0.25) is 4.67 Å². The molecule has 2 aliphatic rings. The minimum absolute atomic E-state index is 0.469. The second-order valence-corrected chi connectivity index (χ2v) is 6.74. The standard InChI is InChI=1S/C14H14N3P/c1-15-11-7-3-5-9-13(11)17-14-10-6-4-8-12(14)16(2)18(15)17/h3-10H,1-2H3. The van der Waals surface area contributed by atoms with Crippen LogP contribution in [0.15, 0.2) is 48.5 Å². The van der Waals surface area contributed by atoms with Crippen LogP contribution in [0.4, 0.5) is 22.7 Å². The molecule has 0 atom stereocenters. The number of rotatable bonds is 0. The van der Waals surface area contributed by atoms with E-state index < -0.39 is 8.37 Å². The first-order valence-electron chi connectivity index (χ1n) is 6.04. The molecule has 2 aliphatic heterocycles. The quantitative estimate of drug-likeness (QED) is 0.660. The van der Waals surface area contributed by atoms with Crippen molar-refractivity contribution < 1.29 is 0 Å². The van der Waals surface area contributed by atoms with Crippen LogP contribution in [0.25, 0.3) is 0 Å². The highest BCUT2D eigenvalue weighted by Crippen LogP contribution is 2.69. The topological polar surface area (TPSA) is 9.72 Å². The molecule has 0 radical (unpaired) electrons. The van der Waals surface area contributed by atoms with E-state index in [1.165, 1.54) is 22.7 Å². The maximum absolute atomic E-state index is 2.47. The van der Waals surface area contributed by atoms with Crippen LogP contribution in [0.1, 0.15) is 0 Å². The summed E-state index contributed by atoms with van der Waals surface area (Å²) in [5.74, 6) is 0. The molecule has 18 heavy (non-hydrogen) atoms. The third-order valence-corrected chi connectivity index (χ3v) is 5.93. The Bertz CT molecular complexity index is 574. The fourth-order valence-electron chi connectivity index (χ4n) is 2.82. The largest absolute Gasteiger partial charge is 0.318 e. The number of anilines is 4. The van der Waals surface area contributed by atoms with Gasteiger partial charge < -0.3 is 9.34 Å². The van der Waals surface area contributed by atoms with Crippen LogP contribution in [-0.4, -0.2) is 14.1 Å². The fourth-order valence-corrected chi connectivity index (χ4v) is 5.21. The van der Waals surface area contributed by atoms with E-state index in [1.807, 2.05) is 0 Å². The Morgan fingerprint density at radius 1 is 0.667 bits per heavy atom. The molecule has 4 rings (SSSR count). The van der Waals surface area contributed by atoms with Crippen molar-refractivity contribution in [1.29, 1.82) is 0 Å². The highest BCUT2D eigenvalue weighted by Gasteiger charge is 2.44. The van der Waals surface area contributed by atoms with E-state index in [-0.39, 0.29) is 0 Å². The summed E-state index contributed by atoms with van der Waals surface area (Å²) in [7, 11) is 3.91. The van der Waals surface area contributed by atoms with Crippen molar-refractivity contribution in [1.82, 2.24) is 0 Å². The Kier molecular flexibility index (Phi) is 1.93. The van der Waals surface area contributed by atoms with Crippen molar-refractivity contribution >= 4 is 31.1 Å². The summed E-state index contributed by atoms with van der Waals surface area (Å²) >= 11 is 0. The number of hydrogen-bond donors (Lipinski definition) is 0. The molecule has 0 bridgehead atoms. The highest BCUT2D eigenvalue weighted by molar-refractivity contribution is 7.64. The average Bonchev–Trinajstić information content (AvgIpc) is 2.87. The van der Waals surface area contributed by atoms with Gasteiger partial charge in [-0.2, -0.15) is 0 Å². The molecular formula is C14H14N3P. The summed E-state index contributed by atoms with van der Waals surface area (Å²) in [6.07, 6.45) is 0. The summed E-state index contributed by atoms with van der Waals surface area (Å²) < 4.78 is 7.26. The van der Waals surface area contributed by atoms with Crippen molar-refractivity contribution in [3.05, 3.63) is 48.5 Å². The van der Waals surface area contributed by atoms with E-state index in [0.29, 0.717) is 0 Å². The predicted octanol–water partition coefficient (Wildman–Crippen LogP) is 3.95. The van der Waals surface area contributed by atoms with Crippen molar-refractivity contribution in [2.45, 2.75) is 0 Å². The number of hydrogen-bond acceptors (Lipinski definition) is 3. The van der Waals surface area contributed by atoms with Crippen LogP contribution in [-0.2, 0) is 0 Å². The molecule has 0 saturated heterocycles. The predicted molar refractivity (Wildman–Crippen MR) is 78.7 cm³/mol. The van der Waals surface area contributed by atoms with Crippen LogP contribution in [0.3, 0.4) is 0 Å². The Labute approximate surface area is 108 Å². The minimum atomic E-state index is -0.469. The molecule has 2 aromatic carbocycles. The smallest absolute Gasteiger partial charge is 0.212 e. The first-order valence-corrected chi connectivity index (χ1v) is 7.24. The Balaban J connectivity index is 1.98. The van der Waals surface area contributed by atoms with E-state index in [1.54, 1.807) is 0 Å². The lowest BCUT2D eigenvalue weighted by Crippen LogP contribution is -2.20. The van der Waals surface area contributed by atoms with Crippen LogP contribution < -0.4 is 14.0 Å². The number of para-hydroxylation sites is 4. The van der Waals surface area contributed by atoms with E-state index in [0.717, 1.165) is 0 Å². The van der Waals surface area contributed by atoms with Gasteiger partial charge in [0.2, 0.25) is 8.37 Å². The van der Waals surface area contributed by atoms with Gasteiger partial charge in [0, 0.05) is 14.1 Å². The van der Waals surface area contributed by atoms with Gasteiger partial charge in [-0.15, -0.1) is 0 Å². The zero-order valence-corrected chi connectivity index (χ0v) is 11.3. The van der Waals surface area contributed by atoms with Crippen molar-refractivity contribution in [2.24, 2.45) is 0 Å². The molecule has 4 heteroatoms. The molecule has 0 saturated carbocycles. The van der Waals surface area contributed by atoms with Gasteiger partial charge >= 0.3 is 0 Å². The zero-order valence-electron chi connectivity index (χ0n) is 10.4. The van der Waals surface area contributed by atoms with Crippen LogP contribution in [0, 0.1) is 0 Å². The van der Waals surface area contributed by atoms with Gasteiger partial charge in [-0.1, -0.05) is 24.3 Å². The maximum Gasteiger partial charge on any atom is 0.212 e. The SMILES string of the molecule is CN1c2ccccc2N2c3ccccc3N(C)P12. The number of fused-ring (bicyclic) bond motifs is 5. The number of nitrogens with zero attached hydrogens (tertiary/aromatic N) is 3. The molecule has 0 unspecified atom stereocenters. The zero-order chi connectivity index (χ0) is 12.3. The number of benzene rings is 2. The van der Waals surface area contributed by atoms with E-state index in [2.05, 4.69) is 76.6 Å². The van der Waals surface area contributed by atoms with Crippen LogP contribution in [0.5, 0.6) is 0 Å². The molecule has 0 amide bonds. The third kappa shape index (κ3) is 1.08. The normalized spacial score (nSPS) is 16.9. The second-order valence-electron chi connectivity index (χ2n) is 4.60. The summed E-state index contributed by atoms with van der Waals surface area (Å²) in [6, 6.07) is 17.3. The van der Waals surface area contributed by atoms with Gasteiger partial charge in [0.15, 0.2) is 0 Å². The third-order valence-electron chi connectivity index (χ3n) is 3.63. The summed E-state index contributed by atoms with van der Waals surface area (Å²) in [5, 5.41) is 0. The molecule has 0 fully saturated rings. The molecule has 0 aromatic heterocycles. The van der Waals surface area contributed by atoms with Gasteiger partial charge in [-0.05, 0) is 24.3 Å². The van der Waals surface area contributed by atoms with Crippen LogP contribution >= 0.6 is 8.37 Å². The Morgan fingerprint density at radius 3 is 1.50 bits per heavy atom. The highest BCUT2D eigenvalue weighted by atomic mass is 31.2. The first kappa shape index (κ1) is 10.2. The van der Waals surface area contributed by atoms with Gasteiger partial charge in [0.25, 0.3) is 0 Å². The second kappa shape index (κ2) is 3.39.